The number of benzene rings is 1. The zero-order valence-corrected chi connectivity index (χ0v) is 12.0. The van der Waals surface area contributed by atoms with Gasteiger partial charge in [0.25, 0.3) is 0 Å². The van der Waals surface area contributed by atoms with E-state index in [1.165, 1.54) is 12.1 Å². The van der Waals surface area contributed by atoms with E-state index >= 15 is 0 Å². The van der Waals surface area contributed by atoms with E-state index in [1.54, 1.807) is 13.8 Å². The van der Waals surface area contributed by atoms with E-state index in [4.69, 9.17) is 11.6 Å². The van der Waals surface area contributed by atoms with Crippen LogP contribution >= 0.6 is 11.6 Å². The molecule has 1 saturated heterocycles. The summed E-state index contributed by atoms with van der Waals surface area (Å²) in [4.78, 5) is 0. The molecule has 0 amide bonds. The fourth-order valence-electron chi connectivity index (χ4n) is 2.94. The quantitative estimate of drug-likeness (QED) is 0.833. The smallest absolute Gasteiger partial charge is 0.384 e. The van der Waals surface area contributed by atoms with Crippen molar-refractivity contribution < 1.29 is 18.3 Å². The Hall–Kier alpha value is -0.780. The maximum absolute atomic E-state index is 13.2. The number of hydrogen-bond acceptors (Lipinski definition) is 2. The first-order chi connectivity index (χ1) is 9.17. The lowest BCUT2D eigenvalue weighted by Gasteiger charge is -2.45. The second kappa shape index (κ2) is 5.20. The van der Waals surface area contributed by atoms with Crippen molar-refractivity contribution in [3.05, 3.63) is 34.3 Å². The predicted octanol–water partition coefficient (Wildman–Crippen LogP) is 3.42. The van der Waals surface area contributed by atoms with E-state index in [9.17, 15) is 18.3 Å². The average molecular weight is 308 g/mol. The van der Waals surface area contributed by atoms with Crippen LogP contribution in [0, 0.1) is 11.8 Å². The van der Waals surface area contributed by atoms with Crippen molar-refractivity contribution in [2.75, 3.05) is 13.1 Å². The molecule has 1 fully saturated rings. The first-order valence-corrected chi connectivity index (χ1v) is 6.85. The molecule has 6 heteroatoms. The average Bonchev–Trinajstić information content (AvgIpc) is 2.34. The van der Waals surface area contributed by atoms with Crippen molar-refractivity contribution in [1.29, 1.82) is 0 Å². The van der Waals surface area contributed by atoms with E-state index < -0.39 is 17.3 Å². The van der Waals surface area contributed by atoms with Crippen LogP contribution in [-0.4, -0.2) is 18.2 Å². The Kier molecular flexibility index (Phi) is 4.06. The molecule has 0 bridgehead atoms. The first-order valence-electron chi connectivity index (χ1n) is 6.47. The van der Waals surface area contributed by atoms with Gasteiger partial charge in [-0.15, -0.1) is 0 Å². The molecule has 0 aliphatic carbocycles. The van der Waals surface area contributed by atoms with Crippen LogP contribution in [-0.2, 0) is 11.8 Å². The minimum Gasteiger partial charge on any atom is -0.384 e. The summed E-state index contributed by atoms with van der Waals surface area (Å²) in [5.74, 6) is -0.651. The van der Waals surface area contributed by atoms with E-state index in [0.717, 1.165) is 6.07 Å². The number of piperidine rings is 1. The Bertz CT molecular complexity index is 494. The molecule has 1 heterocycles. The zero-order chi connectivity index (χ0) is 15.1. The molecular formula is C14H17ClF3NO. The molecule has 1 aliphatic rings. The number of nitrogens with one attached hydrogen (secondary N) is 1. The second-order valence-electron chi connectivity index (χ2n) is 5.47. The molecule has 1 aliphatic heterocycles. The van der Waals surface area contributed by atoms with Gasteiger partial charge in [0.15, 0.2) is 0 Å². The number of halogens is 4. The lowest BCUT2D eigenvalue weighted by molar-refractivity contribution is -0.145. The number of aliphatic hydroxyl groups is 1. The standard InChI is InChI=1S/C14H17ClF3NO/c1-8-6-19-7-9(2)13(8,20)11-4-3-10(15)5-12(11)14(16,17)18/h3-5,8-9,19-20H,6-7H2,1-2H3/t8-,9+,13-. The lowest BCUT2D eigenvalue weighted by Crippen LogP contribution is -2.53. The van der Waals surface area contributed by atoms with Crippen molar-refractivity contribution in [3.63, 3.8) is 0 Å². The van der Waals surface area contributed by atoms with Gasteiger partial charge in [0.1, 0.15) is 0 Å². The summed E-state index contributed by atoms with van der Waals surface area (Å²) in [7, 11) is 0. The highest BCUT2D eigenvalue weighted by Gasteiger charge is 2.48. The van der Waals surface area contributed by atoms with Gasteiger partial charge in [-0.05, 0) is 17.7 Å². The molecular weight excluding hydrogens is 291 g/mol. The van der Waals surface area contributed by atoms with Gasteiger partial charge in [-0.2, -0.15) is 13.2 Å². The zero-order valence-electron chi connectivity index (χ0n) is 11.3. The predicted molar refractivity (Wildman–Crippen MR) is 71.5 cm³/mol. The molecule has 20 heavy (non-hydrogen) atoms. The van der Waals surface area contributed by atoms with E-state index in [1.807, 2.05) is 0 Å². The molecule has 0 spiro atoms. The highest BCUT2D eigenvalue weighted by Crippen LogP contribution is 2.45. The van der Waals surface area contributed by atoms with E-state index in [2.05, 4.69) is 5.32 Å². The Labute approximate surface area is 120 Å². The number of alkyl halides is 3. The topological polar surface area (TPSA) is 32.3 Å². The normalized spacial score (nSPS) is 31.4. The maximum Gasteiger partial charge on any atom is 0.416 e. The molecule has 0 unspecified atom stereocenters. The van der Waals surface area contributed by atoms with Crippen LogP contribution in [0.5, 0.6) is 0 Å². The van der Waals surface area contributed by atoms with Crippen molar-refractivity contribution in [2.45, 2.75) is 25.6 Å². The third-order valence-corrected chi connectivity index (χ3v) is 4.36. The molecule has 112 valence electrons. The third-order valence-electron chi connectivity index (χ3n) is 4.12. The monoisotopic (exact) mass is 307 g/mol. The van der Waals surface area contributed by atoms with Crippen molar-refractivity contribution >= 4 is 11.6 Å². The maximum atomic E-state index is 13.2. The summed E-state index contributed by atoms with van der Waals surface area (Å²) in [5, 5.41) is 14.1. The van der Waals surface area contributed by atoms with Gasteiger partial charge >= 0.3 is 6.18 Å². The SMILES string of the molecule is C[C@@H]1CNC[C@H](C)[C@@]1(O)c1ccc(Cl)cc1C(F)(F)F. The Morgan fingerprint density at radius 1 is 1.25 bits per heavy atom. The number of rotatable bonds is 1. The van der Waals surface area contributed by atoms with Crippen LogP contribution < -0.4 is 5.32 Å². The van der Waals surface area contributed by atoms with Crippen LogP contribution in [0.4, 0.5) is 13.2 Å². The van der Waals surface area contributed by atoms with Gasteiger partial charge in [0.05, 0.1) is 11.2 Å². The minimum absolute atomic E-state index is 0.0129. The lowest BCUT2D eigenvalue weighted by atomic mass is 9.70. The van der Waals surface area contributed by atoms with Crippen LogP contribution in [0.2, 0.25) is 5.02 Å². The summed E-state index contributed by atoms with van der Waals surface area (Å²) in [6, 6.07) is 3.57. The molecule has 0 radical (unpaired) electrons. The summed E-state index contributed by atoms with van der Waals surface area (Å²) in [5.41, 5.74) is -2.45. The van der Waals surface area contributed by atoms with Gasteiger partial charge in [-0.3, -0.25) is 0 Å². The summed E-state index contributed by atoms with van der Waals surface area (Å²) < 4.78 is 39.7. The van der Waals surface area contributed by atoms with Crippen molar-refractivity contribution in [1.82, 2.24) is 5.32 Å². The Morgan fingerprint density at radius 2 is 1.80 bits per heavy atom. The molecule has 1 aromatic rings. The summed E-state index contributed by atoms with van der Waals surface area (Å²) in [6.45, 7) is 4.44. The molecule has 0 saturated carbocycles. The summed E-state index contributed by atoms with van der Waals surface area (Å²) >= 11 is 5.69. The second-order valence-corrected chi connectivity index (χ2v) is 5.91. The molecule has 3 atom stereocenters. The van der Waals surface area contributed by atoms with Gasteiger partial charge in [0, 0.05) is 29.9 Å². The Morgan fingerprint density at radius 3 is 2.30 bits per heavy atom. The molecule has 0 aromatic heterocycles. The first kappa shape index (κ1) is 15.6. The van der Waals surface area contributed by atoms with Gasteiger partial charge in [-0.25, -0.2) is 0 Å². The number of hydrogen-bond donors (Lipinski definition) is 2. The van der Waals surface area contributed by atoms with Gasteiger partial charge in [-0.1, -0.05) is 31.5 Å². The fraction of sp³-hybridized carbons (Fsp3) is 0.571. The van der Waals surface area contributed by atoms with Crippen LogP contribution in [0.25, 0.3) is 0 Å². The molecule has 2 N–H and O–H groups in total. The molecule has 1 aromatic carbocycles. The van der Waals surface area contributed by atoms with Crippen LogP contribution in [0.1, 0.15) is 25.0 Å². The minimum atomic E-state index is -4.54. The molecule has 2 rings (SSSR count). The van der Waals surface area contributed by atoms with E-state index in [-0.39, 0.29) is 22.4 Å². The Balaban J connectivity index is 2.61. The highest BCUT2D eigenvalue weighted by atomic mass is 35.5. The van der Waals surface area contributed by atoms with Gasteiger partial charge < -0.3 is 10.4 Å². The van der Waals surface area contributed by atoms with Crippen LogP contribution in [0.15, 0.2) is 18.2 Å². The third kappa shape index (κ3) is 2.54. The van der Waals surface area contributed by atoms with Crippen molar-refractivity contribution in [3.8, 4) is 0 Å². The van der Waals surface area contributed by atoms with E-state index in [0.29, 0.717) is 13.1 Å². The van der Waals surface area contributed by atoms with Crippen LogP contribution in [0.3, 0.4) is 0 Å². The highest BCUT2D eigenvalue weighted by molar-refractivity contribution is 6.30. The molecule has 2 nitrogen and oxygen atoms in total. The summed E-state index contributed by atoms with van der Waals surface area (Å²) in [6.07, 6.45) is -4.54. The fourth-order valence-corrected chi connectivity index (χ4v) is 3.12. The largest absolute Gasteiger partial charge is 0.416 e. The van der Waals surface area contributed by atoms with Crippen molar-refractivity contribution in [2.24, 2.45) is 11.8 Å². The van der Waals surface area contributed by atoms with Gasteiger partial charge in [0.2, 0.25) is 0 Å².